The van der Waals surface area contributed by atoms with Gasteiger partial charge in [-0.1, -0.05) is 35.3 Å². The first-order valence-electron chi connectivity index (χ1n) is 8.81. The molecular weight excluding hydrogens is 445 g/mol. The second-order valence-electron chi connectivity index (χ2n) is 6.08. The lowest BCUT2D eigenvalue weighted by Crippen LogP contribution is -2.33. The molecule has 0 saturated carbocycles. The van der Waals surface area contributed by atoms with E-state index < -0.39 is 17.8 Å². The minimum Gasteiger partial charge on any atom is -0.457 e. The highest BCUT2D eigenvalue weighted by molar-refractivity contribution is 6.42. The number of para-hydroxylation sites is 1. The minimum atomic E-state index is -1.03. The van der Waals surface area contributed by atoms with Crippen LogP contribution in [0.1, 0.15) is 23.0 Å². The summed E-state index contributed by atoms with van der Waals surface area (Å²) in [5, 5.41) is 6.82. The van der Waals surface area contributed by atoms with Gasteiger partial charge in [0.25, 0.3) is 0 Å². The van der Waals surface area contributed by atoms with E-state index in [1.165, 1.54) is 24.5 Å². The second kappa shape index (κ2) is 9.92. The third kappa shape index (κ3) is 5.71. The summed E-state index contributed by atoms with van der Waals surface area (Å²) in [4.78, 5) is 36.3. The number of anilines is 1. The number of carbonyl (C=O) groups excluding carboxylic acids is 3. The van der Waals surface area contributed by atoms with Gasteiger partial charge in [0, 0.05) is 10.6 Å². The predicted octanol–water partition coefficient (Wildman–Crippen LogP) is 4.28. The molecule has 0 atom stereocenters. The van der Waals surface area contributed by atoms with Crippen LogP contribution in [0.3, 0.4) is 0 Å². The van der Waals surface area contributed by atoms with Gasteiger partial charge in [-0.25, -0.2) is 10.2 Å². The zero-order chi connectivity index (χ0) is 22.4. The molecule has 10 heteroatoms. The molecular formula is C21H15Cl2N3O5. The number of furan rings is 1. The zero-order valence-electron chi connectivity index (χ0n) is 16.0. The molecule has 1 aromatic heterocycles. The molecule has 3 aromatic rings. The Morgan fingerprint density at radius 3 is 2.52 bits per heavy atom. The van der Waals surface area contributed by atoms with E-state index in [-0.39, 0.29) is 22.2 Å². The maximum atomic E-state index is 12.1. The lowest BCUT2D eigenvalue weighted by Gasteiger charge is -2.09. The number of esters is 1. The fourth-order valence-electron chi connectivity index (χ4n) is 2.42. The van der Waals surface area contributed by atoms with E-state index in [1.54, 1.807) is 43.3 Å². The molecule has 158 valence electrons. The molecule has 0 bridgehead atoms. The van der Waals surface area contributed by atoms with Gasteiger partial charge in [-0.05, 0) is 49.4 Å². The van der Waals surface area contributed by atoms with E-state index in [0.29, 0.717) is 16.3 Å². The zero-order valence-corrected chi connectivity index (χ0v) is 17.5. The van der Waals surface area contributed by atoms with Crippen LogP contribution in [-0.2, 0) is 9.59 Å². The normalized spacial score (nSPS) is 11.0. The minimum absolute atomic E-state index is 0.0362. The average molecular weight is 460 g/mol. The highest BCUT2D eigenvalue weighted by atomic mass is 35.5. The Morgan fingerprint density at radius 1 is 1.00 bits per heavy atom. The van der Waals surface area contributed by atoms with Gasteiger partial charge >= 0.3 is 17.8 Å². The van der Waals surface area contributed by atoms with Gasteiger partial charge in [0.2, 0.25) is 5.76 Å². The van der Waals surface area contributed by atoms with Crippen LogP contribution >= 0.6 is 23.2 Å². The van der Waals surface area contributed by atoms with Gasteiger partial charge in [0.05, 0.1) is 22.7 Å². The molecule has 0 aliphatic heterocycles. The standard InChI is InChI=1S/C21H15Cl2N3O5/c1-12(14-5-2-3-6-17(14)31-21(29)18-7-4-10-30-18)25-26-20(28)19(27)24-16-11-13(22)8-9-15(16)23/h2-11H,1H3,(H,24,27)(H,26,28)/b25-12+. The number of hydrazone groups is 1. The third-order valence-corrected chi connectivity index (χ3v) is 4.47. The van der Waals surface area contributed by atoms with Gasteiger partial charge in [0.1, 0.15) is 5.75 Å². The Kier molecular flexibility index (Phi) is 7.07. The molecule has 8 nitrogen and oxygen atoms in total. The first-order chi connectivity index (χ1) is 14.8. The number of ether oxygens (including phenoxy) is 1. The van der Waals surface area contributed by atoms with Crippen molar-refractivity contribution in [2.24, 2.45) is 5.10 Å². The maximum Gasteiger partial charge on any atom is 0.379 e. The van der Waals surface area contributed by atoms with Crippen molar-refractivity contribution in [1.82, 2.24) is 5.43 Å². The fraction of sp³-hybridized carbons (Fsp3) is 0.0476. The van der Waals surface area contributed by atoms with E-state index in [1.807, 2.05) is 0 Å². The second-order valence-corrected chi connectivity index (χ2v) is 6.92. The molecule has 0 spiro atoms. The van der Waals surface area contributed by atoms with E-state index in [0.717, 1.165) is 0 Å². The molecule has 31 heavy (non-hydrogen) atoms. The van der Waals surface area contributed by atoms with Crippen LogP contribution in [0.15, 0.2) is 70.4 Å². The van der Waals surface area contributed by atoms with Crippen molar-refractivity contribution in [2.45, 2.75) is 6.92 Å². The lowest BCUT2D eigenvalue weighted by molar-refractivity contribution is -0.136. The van der Waals surface area contributed by atoms with Crippen LogP contribution in [0.25, 0.3) is 0 Å². The number of benzene rings is 2. The van der Waals surface area contributed by atoms with Gasteiger partial charge in [-0.15, -0.1) is 0 Å². The van der Waals surface area contributed by atoms with E-state index in [9.17, 15) is 14.4 Å². The molecule has 0 aliphatic carbocycles. The quantitative estimate of drug-likeness (QED) is 0.194. The number of amides is 2. The van der Waals surface area contributed by atoms with E-state index in [4.69, 9.17) is 32.4 Å². The summed E-state index contributed by atoms with van der Waals surface area (Å²) in [6.45, 7) is 1.57. The van der Waals surface area contributed by atoms with Crippen LogP contribution in [0, 0.1) is 0 Å². The van der Waals surface area contributed by atoms with Crippen LogP contribution in [-0.4, -0.2) is 23.5 Å². The van der Waals surface area contributed by atoms with E-state index >= 15 is 0 Å². The summed E-state index contributed by atoms with van der Waals surface area (Å²) in [5.41, 5.74) is 3.06. The van der Waals surface area contributed by atoms with Gasteiger partial charge < -0.3 is 14.5 Å². The summed E-state index contributed by atoms with van der Waals surface area (Å²) in [6.07, 6.45) is 1.35. The SMILES string of the molecule is C/C(=N\NC(=O)C(=O)Nc1cc(Cl)ccc1Cl)c1ccccc1OC(=O)c1ccco1. The first kappa shape index (κ1) is 22.1. The van der Waals surface area contributed by atoms with Crippen LogP contribution in [0.2, 0.25) is 10.0 Å². The number of rotatable bonds is 5. The Morgan fingerprint density at radius 2 is 1.77 bits per heavy atom. The van der Waals surface area contributed by atoms with Crippen molar-refractivity contribution in [3.63, 3.8) is 0 Å². The molecule has 0 unspecified atom stereocenters. The molecule has 3 rings (SSSR count). The average Bonchev–Trinajstić information content (AvgIpc) is 3.30. The maximum absolute atomic E-state index is 12.1. The molecule has 1 heterocycles. The highest BCUT2D eigenvalue weighted by Crippen LogP contribution is 2.25. The van der Waals surface area contributed by atoms with Gasteiger partial charge in [-0.3, -0.25) is 9.59 Å². The third-order valence-electron chi connectivity index (χ3n) is 3.91. The fourth-order valence-corrected chi connectivity index (χ4v) is 2.75. The van der Waals surface area contributed by atoms with Crippen molar-refractivity contribution >= 4 is 52.4 Å². The monoisotopic (exact) mass is 459 g/mol. The Balaban J connectivity index is 1.68. The highest BCUT2D eigenvalue weighted by Gasteiger charge is 2.17. The van der Waals surface area contributed by atoms with Gasteiger partial charge in [-0.2, -0.15) is 5.10 Å². The van der Waals surface area contributed by atoms with Crippen molar-refractivity contribution in [2.75, 3.05) is 5.32 Å². The Hall–Kier alpha value is -3.62. The van der Waals surface area contributed by atoms with Crippen molar-refractivity contribution in [3.05, 3.63) is 82.2 Å². The number of nitrogens with zero attached hydrogens (tertiary/aromatic N) is 1. The van der Waals surface area contributed by atoms with Crippen LogP contribution in [0.5, 0.6) is 5.75 Å². The first-order valence-corrected chi connectivity index (χ1v) is 9.56. The summed E-state index contributed by atoms with van der Waals surface area (Å²) < 4.78 is 10.3. The Labute approximate surface area is 186 Å². The van der Waals surface area contributed by atoms with Crippen molar-refractivity contribution in [3.8, 4) is 5.75 Å². The number of hydrogen-bond acceptors (Lipinski definition) is 6. The summed E-state index contributed by atoms with van der Waals surface area (Å²) >= 11 is 11.8. The molecule has 2 N–H and O–H groups in total. The van der Waals surface area contributed by atoms with Crippen molar-refractivity contribution in [1.29, 1.82) is 0 Å². The van der Waals surface area contributed by atoms with Crippen LogP contribution in [0.4, 0.5) is 5.69 Å². The number of hydrogen-bond donors (Lipinski definition) is 2. The molecule has 0 saturated heterocycles. The largest absolute Gasteiger partial charge is 0.457 e. The summed E-state index contributed by atoms with van der Waals surface area (Å²) in [7, 11) is 0. The van der Waals surface area contributed by atoms with E-state index in [2.05, 4.69) is 15.8 Å². The smallest absolute Gasteiger partial charge is 0.379 e. The summed E-state index contributed by atoms with van der Waals surface area (Å²) in [5.74, 6) is -2.46. The molecule has 0 aliphatic rings. The Bertz CT molecular complexity index is 1160. The number of nitrogens with one attached hydrogen (secondary N) is 2. The van der Waals surface area contributed by atoms with Crippen molar-refractivity contribution < 1.29 is 23.5 Å². The topological polar surface area (TPSA) is 110 Å². The molecule has 2 aromatic carbocycles. The predicted molar refractivity (Wildman–Crippen MR) is 116 cm³/mol. The lowest BCUT2D eigenvalue weighted by atomic mass is 10.1. The molecule has 0 radical (unpaired) electrons. The summed E-state index contributed by atoms with van der Waals surface area (Å²) in [6, 6.07) is 14.0. The van der Waals surface area contributed by atoms with Gasteiger partial charge in [0.15, 0.2) is 0 Å². The molecule has 2 amide bonds. The van der Waals surface area contributed by atoms with Crippen LogP contribution < -0.4 is 15.5 Å². The number of carbonyl (C=O) groups is 3. The molecule has 0 fully saturated rings. The number of halogens is 2.